The number of aliphatic hydroxyl groups is 1. The van der Waals surface area contributed by atoms with Gasteiger partial charge in [-0.05, 0) is 118 Å². The first-order chi connectivity index (χ1) is 31.8. The van der Waals surface area contributed by atoms with Crippen molar-refractivity contribution in [3.63, 3.8) is 0 Å². The van der Waals surface area contributed by atoms with E-state index in [0.717, 1.165) is 16.7 Å². The number of anilines is 2. The number of aromatic nitrogens is 3. The number of carbonyl (C=O) groups excluding carboxylic acids is 4. The molecule has 66 heavy (non-hydrogen) atoms. The Morgan fingerprint density at radius 1 is 0.788 bits per heavy atom. The maximum absolute atomic E-state index is 13.2. The third-order valence-corrected chi connectivity index (χ3v) is 11.3. The zero-order valence-corrected chi connectivity index (χ0v) is 36.8. The second kappa shape index (κ2) is 23.8. The van der Waals surface area contributed by atoms with Gasteiger partial charge in [-0.3, -0.25) is 9.78 Å². The number of pyridine rings is 3. The Morgan fingerprint density at radius 2 is 1.47 bits per heavy atom. The Bertz CT molecular complexity index is 2370. The van der Waals surface area contributed by atoms with Crippen LogP contribution in [-0.4, -0.2) is 63.6 Å². The average molecular weight is 909 g/mol. The van der Waals surface area contributed by atoms with Crippen molar-refractivity contribution in [3.05, 3.63) is 137 Å². The van der Waals surface area contributed by atoms with E-state index in [9.17, 15) is 33.1 Å². The minimum Gasteiger partial charge on any atom is -0.445 e. The van der Waals surface area contributed by atoms with E-state index < -0.39 is 54.9 Å². The maximum atomic E-state index is 13.2. The number of unbranched alkanes of at least 4 members (excludes halogenated alkanes) is 1. The van der Waals surface area contributed by atoms with Crippen LogP contribution in [0, 0.1) is 18.8 Å². The summed E-state index contributed by atoms with van der Waals surface area (Å²) in [6.07, 6.45) is 1.76. The van der Waals surface area contributed by atoms with Crippen molar-refractivity contribution >= 4 is 35.8 Å². The van der Waals surface area contributed by atoms with Crippen molar-refractivity contribution in [3.8, 4) is 11.3 Å². The van der Waals surface area contributed by atoms with Crippen LogP contribution in [0.5, 0.6) is 0 Å². The van der Waals surface area contributed by atoms with Gasteiger partial charge < -0.3 is 40.0 Å². The Morgan fingerprint density at radius 3 is 2.12 bits per heavy atom. The van der Waals surface area contributed by atoms with E-state index in [-0.39, 0.29) is 43.5 Å². The van der Waals surface area contributed by atoms with Crippen LogP contribution >= 0.6 is 0 Å². The second-order valence-electron chi connectivity index (χ2n) is 16.2. The number of rotatable bonds is 20. The number of alkyl carbamates (subject to hydrolysis) is 2. The van der Waals surface area contributed by atoms with Crippen molar-refractivity contribution in [2.75, 3.05) is 18.7 Å². The van der Waals surface area contributed by atoms with Gasteiger partial charge in [0.2, 0.25) is 6.79 Å². The lowest BCUT2D eigenvalue weighted by atomic mass is 9.73. The lowest BCUT2D eigenvalue weighted by Gasteiger charge is -2.37. The number of amides is 2. The molecule has 6 rings (SSSR count). The monoisotopic (exact) mass is 908 g/mol. The molecule has 1 saturated carbocycles. The number of aryl methyl sites for hydroxylation is 1. The van der Waals surface area contributed by atoms with E-state index in [2.05, 4.69) is 30.9 Å². The van der Waals surface area contributed by atoms with E-state index in [1.807, 2.05) is 61.5 Å². The minimum atomic E-state index is -2.63. The molecule has 0 bridgehead atoms. The molecular weight excluding hydrogens is 855 g/mol. The minimum absolute atomic E-state index is 0.0155. The predicted octanol–water partition coefficient (Wildman–Crippen LogP) is 8.98. The van der Waals surface area contributed by atoms with Gasteiger partial charge in [-0.2, -0.15) is 0 Å². The van der Waals surface area contributed by atoms with Gasteiger partial charge in [0.05, 0.1) is 17.3 Å². The summed E-state index contributed by atoms with van der Waals surface area (Å²) in [5.41, 5.74) is 2.72. The van der Waals surface area contributed by atoms with Crippen LogP contribution < -0.4 is 16.0 Å². The van der Waals surface area contributed by atoms with Gasteiger partial charge >= 0.3 is 24.1 Å². The standard InChI is InChI=1S/C49H54F2N6O9/c1-32-25-40(55-43(26-32)57-42-27-36(44(50)51)22-24-52-42)37-18-21-41(54-28-37)49(2,62)38-19-16-35(17-20-38)45(58)65-31-66-46(59)39(56-48(61)64-30-34-13-7-4-8-14-34)15-9-10-23-53-47(60)63-29-33-11-5-3-6-12-33/h3-8,11-14,18,21-22,24-28,35,38-39,44,62H,9-10,15-17,19-20,23,29-31H2,1-2H3,(H,53,60)(H,56,61)(H,52,55,57)/t35?,38?,39?,49-/m1/s1. The third-order valence-electron chi connectivity index (χ3n) is 11.3. The molecule has 2 aromatic carbocycles. The van der Waals surface area contributed by atoms with Crippen LogP contribution in [0.2, 0.25) is 0 Å². The molecule has 0 radical (unpaired) electrons. The molecule has 1 aliphatic carbocycles. The molecule has 17 heteroatoms. The highest BCUT2D eigenvalue weighted by Crippen LogP contribution is 2.41. The van der Waals surface area contributed by atoms with Gasteiger partial charge in [0.15, 0.2) is 0 Å². The fourth-order valence-electron chi connectivity index (χ4n) is 7.56. The molecule has 1 unspecified atom stereocenters. The van der Waals surface area contributed by atoms with Crippen molar-refractivity contribution in [1.29, 1.82) is 0 Å². The molecule has 1 fully saturated rings. The van der Waals surface area contributed by atoms with Gasteiger partial charge in [0.25, 0.3) is 6.43 Å². The molecule has 15 nitrogen and oxygen atoms in total. The fraction of sp³-hybridized carbons (Fsp3) is 0.367. The Balaban J connectivity index is 0.952. The lowest BCUT2D eigenvalue weighted by molar-refractivity contribution is -0.173. The van der Waals surface area contributed by atoms with Gasteiger partial charge in [-0.15, -0.1) is 0 Å². The van der Waals surface area contributed by atoms with E-state index >= 15 is 0 Å². The zero-order chi connectivity index (χ0) is 46.9. The van der Waals surface area contributed by atoms with Crippen molar-refractivity contribution < 1.29 is 52.0 Å². The van der Waals surface area contributed by atoms with E-state index in [0.29, 0.717) is 61.3 Å². The molecular formula is C49H54F2N6O9. The summed E-state index contributed by atoms with van der Waals surface area (Å²) in [5, 5.41) is 19.9. The number of ether oxygens (including phenoxy) is 4. The van der Waals surface area contributed by atoms with Crippen LogP contribution in [0.3, 0.4) is 0 Å². The topological polar surface area (TPSA) is 200 Å². The number of hydrogen-bond donors (Lipinski definition) is 4. The smallest absolute Gasteiger partial charge is 0.408 e. The number of nitrogens with zero attached hydrogens (tertiary/aromatic N) is 3. The van der Waals surface area contributed by atoms with Gasteiger partial charge in [0, 0.05) is 30.1 Å². The van der Waals surface area contributed by atoms with E-state index in [1.165, 1.54) is 18.3 Å². The summed E-state index contributed by atoms with van der Waals surface area (Å²) in [6, 6.07) is 26.9. The molecule has 5 aromatic rings. The van der Waals surface area contributed by atoms with Crippen LogP contribution in [0.4, 0.5) is 30.0 Å². The molecule has 4 N–H and O–H groups in total. The predicted molar refractivity (Wildman–Crippen MR) is 239 cm³/mol. The third kappa shape index (κ3) is 14.5. The summed E-state index contributed by atoms with van der Waals surface area (Å²) in [6.45, 7) is 3.30. The molecule has 3 heterocycles. The largest absolute Gasteiger partial charge is 0.445 e. The first kappa shape index (κ1) is 48.4. The second-order valence-corrected chi connectivity index (χ2v) is 16.2. The number of benzene rings is 2. The highest BCUT2D eigenvalue weighted by molar-refractivity contribution is 5.81. The van der Waals surface area contributed by atoms with Crippen LogP contribution in [0.1, 0.15) is 86.2 Å². The van der Waals surface area contributed by atoms with E-state index in [4.69, 9.17) is 18.9 Å². The number of esters is 2. The molecule has 2 amide bonds. The van der Waals surface area contributed by atoms with E-state index in [1.54, 1.807) is 43.5 Å². The lowest BCUT2D eigenvalue weighted by Crippen LogP contribution is -2.42. The van der Waals surface area contributed by atoms with Crippen molar-refractivity contribution in [1.82, 2.24) is 25.6 Å². The summed E-state index contributed by atoms with van der Waals surface area (Å²) < 4.78 is 47.6. The number of carbonyl (C=O) groups is 4. The average Bonchev–Trinajstić information content (AvgIpc) is 3.32. The zero-order valence-electron chi connectivity index (χ0n) is 36.8. The highest BCUT2D eigenvalue weighted by atomic mass is 19.3. The Kier molecular flexibility index (Phi) is 17.5. The van der Waals surface area contributed by atoms with Crippen LogP contribution in [0.25, 0.3) is 11.3 Å². The molecule has 0 saturated heterocycles. The first-order valence-electron chi connectivity index (χ1n) is 21.8. The van der Waals surface area contributed by atoms with Crippen LogP contribution in [-0.2, 0) is 47.4 Å². The van der Waals surface area contributed by atoms with Crippen molar-refractivity contribution in [2.45, 2.75) is 90.1 Å². The fourth-order valence-corrected chi connectivity index (χ4v) is 7.56. The Hall–Kier alpha value is -7.01. The molecule has 1 aliphatic rings. The summed E-state index contributed by atoms with van der Waals surface area (Å²) >= 11 is 0. The van der Waals surface area contributed by atoms with Crippen LogP contribution in [0.15, 0.2) is 109 Å². The van der Waals surface area contributed by atoms with Gasteiger partial charge in [0.1, 0.15) is 36.5 Å². The highest BCUT2D eigenvalue weighted by Gasteiger charge is 2.39. The molecule has 0 spiro atoms. The van der Waals surface area contributed by atoms with Crippen molar-refractivity contribution in [2.24, 2.45) is 11.8 Å². The molecule has 348 valence electrons. The number of hydrogen-bond acceptors (Lipinski definition) is 13. The molecule has 0 aliphatic heterocycles. The summed E-state index contributed by atoms with van der Waals surface area (Å²) in [5.74, 6) is -1.41. The number of alkyl halides is 2. The normalized spacial score (nSPS) is 16.0. The molecule has 2 atom stereocenters. The quantitative estimate of drug-likeness (QED) is 0.0250. The number of halogens is 2. The molecule has 3 aromatic heterocycles. The number of nitrogens with one attached hydrogen (secondary N) is 3. The SMILES string of the molecule is Cc1cc(Nc2cc(C(F)F)ccn2)nc(-c2ccc([C@](C)(O)C3CCC(C(=O)OCOC(=O)C(CCCCNC(=O)OCc4ccccc4)NC(=O)OCc4ccccc4)CC3)nc2)c1. The summed E-state index contributed by atoms with van der Waals surface area (Å²) in [7, 11) is 0. The van der Waals surface area contributed by atoms with Gasteiger partial charge in [-0.25, -0.2) is 33.1 Å². The summed E-state index contributed by atoms with van der Waals surface area (Å²) in [4.78, 5) is 64.5. The first-order valence-corrected chi connectivity index (χ1v) is 21.8. The van der Waals surface area contributed by atoms with Gasteiger partial charge in [-0.1, -0.05) is 60.7 Å². The Labute approximate surface area is 381 Å². The maximum Gasteiger partial charge on any atom is 0.408 e.